The quantitative estimate of drug-likeness (QED) is 0.744. The summed E-state index contributed by atoms with van der Waals surface area (Å²) in [6, 6.07) is 3.48. The fourth-order valence-corrected chi connectivity index (χ4v) is 1.34. The van der Waals surface area contributed by atoms with Gasteiger partial charge in [-0.3, -0.25) is 10.1 Å². The first kappa shape index (κ1) is 11.1. The lowest BCUT2D eigenvalue weighted by atomic mass is 10.3. The Morgan fingerprint density at radius 3 is 2.88 bits per heavy atom. The molecule has 0 aliphatic rings. The van der Waals surface area contributed by atoms with Crippen molar-refractivity contribution in [2.75, 3.05) is 17.2 Å². The largest absolute Gasteiger partial charge is 0.384 e. The number of H-pyrrole nitrogens is 1. The Labute approximate surface area is 98.5 Å². The molecule has 0 spiro atoms. The van der Waals surface area contributed by atoms with Crippen molar-refractivity contribution in [3.8, 4) is 0 Å². The molecule has 0 unspecified atom stereocenters. The predicted molar refractivity (Wildman–Crippen MR) is 64.9 cm³/mol. The molecule has 6 heteroatoms. The number of hydrogen-bond donors (Lipinski definition) is 3. The maximum Gasteiger partial charge on any atom is 0.276 e. The topological polar surface area (TPSA) is 82.7 Å². The van der Waals surface area contributed by atoms with Gasteiger partial charge in [-0.1, -0.05) is 0 Å². The minimum atomic E-state index is -0.289. The van der Waals surface area contributed by atoms with Gasteiger partial charge in [0.1, 0.15) is 5.69 Å². The zero-order valence-corrected chi connectivity index (χ0v) is 9.40. The van der Waals surface area contributed by atoms with E-state index < -0.39 is 0 Å². The third-order valence-electron chi connectivity index (χ3n) is 2.11. The average Bonchev–Trinajstić information content (AvgIpc) is 2.83. The average molecular weight is 231 g/mol. The molecular formula is C11H13N5O. The molecule has 0 radical (unpaired) electrons. The van der Waals surface area contributed by atoms with Gasteiger partial charge in [-0.2, -0.15) is 0 Å². The molecule has 0 aliphatic carbocycles. The number of nitrogens with one attached hydrogen (secondary N) is 3. The van der Waals surface area contributed by atoms with Gasteiger partial charge in [0, 0.05) is 18.9 Å². The molecule has 3 N–H and O–H groups in total. The molecule has 0 fully saturated rings. The zero-order valence-electron chi connectivity index (χ0n) is 9.40. The van der Waals surface area contributed by atoms with Crippen LogP contribution in [0.4, 0.5) is 11.6 Å². The van der Waals surface area contributed by atoms with Crippen molar-refractivity contribution in [3.63, 3.8) is 0 Å². The molecule has 0 aromatic carbocycles. The van der Waals surface area contributed by atoms with Crippen LogP contribution in [0.3, 0.4) is 0 Å². The van der Waals surface area contributed by atoms with Gasteiger partial charge in [-0.05, 0) is 19.1 Å². The van der Waals surface area contributed by atoms with Gasteiger partial charge in [-0.15, -0.1) is 0 Å². The SMILES string of the molecule is CCNc1ccc(C(=O)Nc2ncc[nH]2)nc1. The van der Waals surface area contributed by atoms with Crippen molar-refractivity contribution in [3.05, 3.63) is 36.4 Å². The predicted octanol–water partition coefficient (Wildman–Crippen LogP) is 1.49. The second-order valence-electron chi connectivity index (χ2n) is 3.35. The third kappa shape index (κ3) is 2.81. The first-order chi connectivity index (χ1) is 8.29. The number of hydrogen-bond acceptors (Lipinski definition) is 4. The van der Waals surface area contributed by atoms with Crippen LogP contribution in [0, 0.1) is 0 Å². The van der Waals surface area contributed by atoms with E-state index in [0.29, 0.717) is 11.6 Å². The van der Waals surface area contributed by atoms with Crippen LogP contribution >= 0.6 is 0 Å². The number of rotatable bonds is 4. The maximum absolute atomic E-state index is 11.7. The standard InChI is InChI=1S/C11H13N5O/c1-2-12-8-3-4-9(15-7-8)10(17)16-11-13-5-6-14-11/h3-7,12H,2H2,1H3,(H2,13,14,16,17). The molecule has 0 bridgehead atoms. The Hall–Kier alpha value is -2.37. The third-order valence-corrected chi connectivity index (χ3v) is 2.11. The second-order valence-corrected chi connectivity index (χ2v) is 3.35. The molecule has 0 saturated carbocycles. The van der Waals surface area contributed by atoms with Gasteiger partial charge >= 0.3 is 0 Å². The fraction of sp³-hybridized carbons (Fsp3) is 0.182. The molecule has 0 atom stereocenters. The molecule has 17 heavy (non-hydrogen) atoms. The Bertz CT molecular complexity index is 477. The number of carbonyl (C=O) groups excluding carboxylic acids is 1. The van der Waals surface area contributed by atoms with Gasteiger partial charge in [0.05, 0.1) is 11.9 Å². The number of nitrogens with zero attached hydrogens (tertiary/aromatic N) is 2. The molecule has 0 aliphatic heterocycles. The van der Waals surface area contributed by atoms with E-state index >= 15 is 0 Å². The minimum Gasteiger partial charge on any atom is -0.384 e. The van der Waals surface area contributed by atoms with Crippen molar-refractivity contribution in [2.45, 2.75) is 6.92 Å². The van der Waals surface area contributed by atoms with Crippen LogP contribution in [0.1, 0.15) is 17.4 Å². The van der Waals surface area contributed by atoms with E-state index in [-0.39, 0.29) is 5.91 Å². The smallest absolute Gasteiger partial charge is 0.276 e. The molecule has 2 aromatic heterocycles. The first-order valence-electron chi connectivity index (χ1n) is 5.30. The van der Waals surface area contributed by atoms with Gasteiger partial charge in [0.2, 0.25) is 5.95 Å². The summed E-state index contributed by atoms with van der Waals surface area (Å²) in [4.78, 5) is 22.5. The number of amides is 1. The Morgan fingerprint density at radius 1 is 1.41 bits per heavy atom. The van der Waals surface area contributed by atoms with E-state index in [4.69, 9.17) is 0 Å². The van der Waals surface area contributed by atoms with Gasteiger partial charge in [0.15, 0.2) is 0 Å². The molecule has 0 saturated heterocycles. The molecular weight excluding hydrogens is 218 g/mol. The van der Waals surface area contributed by atoms with Crippen molar-refractivity contribution >= 4 is 17.5 Å². The zero-order chi connectivity index (χ0) is 12.1. The van der Waals surface area contributed by atoms with E-state index in [1.165, 1.54) is 0 Å². The molecule has 2 rings (SSSR count). The van der Waals surface area contributed by atoms with Gasteiger partial charge in [0.25, 0.3) is 5.91 Å². The first-order valence-corrected chi connectivity index (χ1v) is 5.30. The second kappa shape index (κ2) is 5.11. The highest BCUT2D eigenvalue weighted by molar-refractivity contribution is 6.01. The lowest BCUT2D eigenvalue weighted by Crippen LogP contribution is -2.14. The van der Waals surface area contributed by atoms with E-state index in [9.17, 15) is 4.79 Å². The minimum absolute atomic E-state index is 0.289. The summed E-state index contributed by atoms with van der Waals surface area (Å²) in [5.74, 6) is 0.121. The normalized spacial score (nSPS) is 9.94. The van der Waals surface area contributed by atoms with E-state index in [1.54, 1.807) is 24.7 Å². The van der Waals surface area contributed by atoms with Crippen molar-refractivity contribution < 1.29 is 4.79 Å². The monoisotopic (exact) mass is 231 g/mol. The summed E-state index contributed by atoms with van der Waals surface area (Å²) in [6.45, 7) is 2.82. The molecule has 1 amide bonds. The lowest BCUT2D eigenvalue weighted by Gasteiger charge is -2.04. The van der Waals surface area contributed by atoms with Crippen LogP contribution in [0.5, 0.6) is 0 Å². The van der Waals surface area contributed by atoms with Crippen LogP contribution < -0.4 is 10.6 Å². The van der Waals surface area contributed by atoms with Gasteiger partial charge < -0.3 is 10.3 Å². The van der Waals surface area contributed by atoms with Crippen LogP contribution in [0.15, 0.2) is 30.7 Å². The van der Waals surface area contributed by atoms with Crippen LogP contribution in [0.25, 0.3) is 0 Å². The highest BCUT2D eigenvalue weighted by atomic mass is 16.2. The summed E-state index contributed by atoms with van der Waals surface area (Å²) in [6.07, 6.45) is 4.83. The fourth-order valence-electron chi connectivity index (χ4n) is 1.34. The number of pyridine rings is 1. The Morgan fingerprint density at radius 2 is 2.29 bits per heavy atom. The van der Waals surface area contributed by atoms with Crippen LogP contribution in [0.2, 0.25) is 0 Å². The van der Waals surface area contributed by atoms with Crippen LogP contribution in [-0.4, -0.2) is 27.4 Å². The summed E-state index contributed by atoms with van der Waals surface area (Å²) < 4.78 is 0. The maximum atomic E-state index is 11.7. The van der Waals surface area contributed by atoms with Gasteiger partial charge in [-0.25, -0.2) is 9.97 Å². The number of anilines is 2. The highest BCUT2D eigenvalue weighted by Gasteiger charge is 2.08. The number of imidazole rings is 1. The number of aromatic nitrogens is 3. The summed E-state index contributed by atoms with van der Waals surface area (Å²) >= 11 is 0. The Balaban J connectivity index is 2.04. The Kier molecular flexibility index (Phi) is 3.34. The molecule has 88 valence electrons. The number of aromatic amines is 1. The van der Waals surface area contributed by atoms with Crippen molar-refractivity contribution in [2.24, 2.45) is 0 Å². The lowest BCUT2D eigenvalue weighted by molar-refractivity contribution is 0.102. The van der Waals surface area contributed by atoms with Crippen molar-refractivity contribution in [1.29, 1.82) is 0 Å². The summed E-state index contributed by atoms with van der Waals surface area (Å²) in [7, 11) is 0. The summed E-state index contributed by atoms with van der Waals surface area (Å²) in [5, 5.41) is 5.71. The summed E-state index contributed by atoms with van der Waals surface area (Å²) in [5.41, 5.74) is 1.24. The van der Waals surface area contributed by atoms with Crippen LogP contribution in [-0.2, 0) is 0 Å². The molecule has 2 heterocycles. The van der Waals surface area contributed by atoms with E-state index in [0.717, 1.165) is 12.2 Å². The highest BCUT2D eigenvalue weighted by Crippen LogP contribution is 2.07. The van der Waals surface area contributed by atoms with Crippen molar-refractivity contribution in [1.82, 2.24) is 15.0 Å². The molecule has 6 nitrogen and oxygen atoms in total. The molecule has 2 aromatic rings. The van der Waals surface area contributed by atoms with E-state index in [2.05, 4.69) is 25.6 Å². The number of carbonyl (C=O) groups is 1. The van der Waals surface area contributed by atoms with E-state index in [1.807, 2.05) is 13.0 Å².